The minimum atomic E-state index is 0.712. The molecule has 7 heteroatoms. The Labute approximate surface area is 146 Å². The predicted octanol–water partition coefficient (Wildman–Crippen LogP) is 1.59. The number of methoxy groups -OCH3 is 1. The molecular weight excluding hydrogens is 316 g/mol. The Bertz CT molecular complexity index is 826. The molecule has 4 heterocycles. The number of fused-ring (bicyclic) bond motifs is 1. The molecule has 0 fully saturated rings. The number of nitrogens with zero attached hydrogens (tertiary/aromatic N) is 6. The highest BCUT2D eigenvalue weighted by Crippen LogP contribution is 2.19. The van der Waals surface area contributed by atoms with Gasteiger partial charge in [0.2, 0.25) is 5.88 Å². The summed E-state index contributed by atoms with van der Waals surface area (Å²) in [4.78, 5) is 11.4. The highest BCUT2D eigenvalue weighted by molar-refractivity contribution is 5.25. The van der Waals surface area contributed by atoms with Crippen LogP contribution in [0.4, 0.5) is 0 Å². The highest BCUT2D eigenvalue weighted by Gasteiger charge is 2.18. The maximum absolute atomic E-state index is 5.38. The Morgan fingerprint density at radius 2 is 2.04 bits per heavy atom. The van der Waals surface area contributed by atoms with E-state index >= 15 is 0 Å². The van der Waals surface area contributed by atoms with E-state index in [0.717, 1.165) is 50.5 Å². The molecule has 0 aromatic carbocycles. The molecule has 1 aliphatic rings. The summed E-state index contributed by atoms with van der Waals surface area (Å²) in [7, 11) is 1.67. The van der Waals surface area contributed by atoms with Crippen molar-refractivity contribution in [3.05, 3.63) is 60.1 Å². The normalized spacial score (nSPS) is 14.9. The zero-order chi connectivity index (χ0) is 17.1. The Kier molecular flexibility index (Phi) is 4.47. The monoisotopic (exact) mass is 338 g/mol. The summed E-state index contributed by atoms with van der Waals surface area (Å²) < 4.78 is 9.65. The summed E-state index contributed by atoms with van der Waals surface area (Å²) in [6, 6.07) is 5.99. The topological polar surface area (TPSA) is 61.0 Å². The van der Waals surface area contributed by atoms with Gasteiger partial charge in [-0.3, -0.25) is 9.58 Å². The van der Waals surface area contributed by atoms with Crippen molar-refractivity contribution in [2.75, 3.05) is 20.2 Å². The van der Waals surface area contributed by atoms with E-state index in [1.54, 1.807) is 13.3 Å². The van der Waals surface area contributed by atoms with Crippen molar-refractivity contribution in [1.29, 1.82) is 0 Å². The van der Waals surface area contributed by atoms with Crippen LogP contribution in [0, 0.1) is 0 Å². The maximum Gasteiger partial charge on any atom is 0.217 e. The van der Waals surface area contributed by atoms with E-state index in [1.807, 2.05) is 35.4 Å². The zero-order valence-electron chi connectivity index (χ0n) is 14.4. The Balaban J connectivity index is 1.46. The van der Waals surface area contributed by atoms with Crippen LogP contribution in [0.1, 0.15) is 17.1 Å². The molecule has 4 rings (SSSR count). The lowest BCUT2D eigenvalue weighted by atomic mass is 10.2. The van der Waals surface area contributed by atoms with E-state index in [2.05, 4.69) is 30.6 Å². The van der Waals surface area contributed by atoms with Crippen molar-refractivity contribution in [2.24, 2.45) is 0 Å². The lowest BCUT2D eigenvalue weighted by Gasteiger charge is -2.20. The molecule has 1 aliphatic heterocycles. The molecule has 0 amide bonds. The van der Waals surface area contributed by atoms with Gasteiger partial charge < -0.3 is 9.30 Å². The van der Waals surface area contributed by atoms with Crippen LogP contribution in [-0.2, 0) is 26.1 Å². The second kappa shape index (κ2) is 7.06. The standard InChI is InChI=1S/C18H22N6O/c1-25-18-15(4-2-6-19-18)13-22-9-5-17-20-12-16(24(17)11-10-22)14-23-8-3-7-21-23/h2-4,6-8,12H,5,9-11,13-14H2,1H3. The fourth-order valence-corrected chi connectivity index (χ4v) is 3.35. The second-order valence-corrected chi connectivity index (χ2v) is 6.22. The first-order chi connectivity index (χ1) is 12.3. The molecule has 0 N–H and O–H groups in total. The third-order valence-electron chi connectivity index (χ3n) is 4.63. The summed E-state index contributed by atoms with van der Waals surface area (Å²) >= 11 is 0. The van der Waals surface area contributed by atoms with Crippen LogP contribution in [0.2, 0.25) is 0 Å². The van der Waals surface area contributed by atoms with Crippen molar-refractivity contribution in [1.82, 2.24) is 29.2 Å². The smallest absolute Gasteiger partial charge is 0.217 e. The molecule has 130 valence electrons. The molecular formula is C18H22N6O. The van der Waals surface area contributed by atoms with E-state index in [-0.39, 0.29) is 0 Å². The summed E-state index contributed by atoms with van der Waals surface area (Å²) in [5.74, 6) is 1.87. The molecule has 0 saturated heterocycles. The van der Waals surface area contributed by atoms with Crippen molar-refractivity contribution < 1.29 is 4.74 Å². The zero-order valence-corrected chi connectivity index (χ0v) is 14.4. The molecule has 3 aromatic heterocycles. The van der Waals surface area contributed by atoms with Gasteiger partial charge in [0.15, 0.2) is 0 Å². The van der Waals surface area contributed by atoms with Gasteiger partial charge in [0.05, 0.1) is 25.5 Å². The van der Waals surface area contributed by atoms with E-state index in [9.17, 15) is 0 Å². The molecule has 0 spiro atoms. The van der Waals surface area contributed by atoms with Gasteiger partial charge in [-0.05, 0) is 12.1 Å². The van der Waals surface area contributed by atoms with Crippen molar-refractivity contribution in [3.63, 3.8) is 0 Å². The lowest BCUT2D eigenvalue weighted by molar-refractivity contribution is 0.264. The van der Waals surface area contributed by atoms with Crippen LogP contribution >= 0.6 is 0 Å². The number of ether oxygens (including phenoxy) is 1. The Morgan fingerprint density at radius 3 is 2.88 bits per heavy atom. The van der Waals surface area contributed by atoms with E-state index in [1.165, 1.54) is 5.69 Å². The molecule has 0 unspecified atom stereocenters. The molecule has 7 nitrogen and oxygen atoms in total. The minimum Gasteiger partial charge on any atom is -0.481 e. The van der Waals surface area contributed by atoms with Crippen LogP contribution in [0.3, 0.4) is 0 Å². The number of pyridine rings is 1. The van der Waals surface area contributed by atoms with Crippen molar-refractivity contribution in [3.8, 4) is 5.88 Å². The first kappa shape index (κ1) is 15.8. The van der Waals surface area contributed by atoms with Gasteiger partial charge in [-0.2, -0.15) is 5.10 Å². The largest absolute Gasteiger partial charge is 0.481 e. The lowest BCUT2D eigenvalue weighted by Crippen LogP contribution is -2.27. The summed E-state index contributed by atoms with van der Waals surface area (Å²) in [5, 5.41) is 4.30. The van der Waals surface area contributed by atoms with Gasteiger partial charge in [0.1, 0.15) is 5.82 Å². The maximum atomic E-state index is 5.38. The van der Waals surface area contributed by atoms with Crippen molar-refractivity contribution >= 4 is 0 Å². The van der Waals surface area contributed by atoms with Gasteiger partial charge in [-0.1, -0.05) is 6.07 Å². The molecule has 0 bridgehead atoms. The van der Waals surface area contributed by atoms with Crippen LogP contribution < -0.4 is 4.74 Å². The number of rotatable bonds is 5. The number of aromatic nitrogens is 5. The third kappa shape index (κ3) is 3.41. The highest BCUT2D eigenvalue weighted by atomic mass is 16.5. The third-order valence-corrected chi connectivity index (χ3v) is 4.63. The molecule has 0 aliphatic carbocycles. The van der Waals surface area contributed by atoms with E-state index in [4.69, 9.17) is 4.74 Å². The van der Waals surface area contributed by atoms with Gasteiger partial charge in [0.25, 0.3) is 0 Å². The van der Waals surface area contributed by atoms with E-state index in [0.29, 0.717) is 5.88 Å². The Hall–Kier alpha value is -2.67. The first-order valence-corrected chi connectivity index (χ1v) is 8.54. The van der Waals surface area contributed by atoms with Crippen molar-refractivity contribution in [2.45, 2.75) is 26.1 Å². The summed E-state index contributed by atoms with van der Waals surface area (Å²) in [5.41, 5.74) is 2.33. The predicted molar refractivity (Wildman–Crippen MR) is 93.3 cm³/mol. The fourth-order valence-electron chi connectivity index (χ4n) is 3.35. The number of hydrogen-bond acceptors (Lipinski definition) is 5. The summed E-state index contributed by atoms with van der Waals surface area (Å²) in [6.45, 7) is 4.51. The average molecular weight is 338 g/mol. The van der Waals surface area contributed by atoms with E-state index < -0.39 is 0 Å². The number of imidazole rings is 1. The molecule has 0 radical (unpaired) electrons. The van der Waals surface area contributed by atoms with Gasteiger partial charge in [-0.25, -0.2) is 9.97 Å². The quantitative estimate of drug-likeness (QED) is 0.707. The first-order valence-electron chi connectivity index (χ1n) is 8.54. The summed E-state index contributed by atoms with van der Waals surface area (Å²) in [6.07, 6.45) is 8.49. The molecule has 0 atom stereocenters. The number of hydrogen-bond donors (Lipinski definition) is 0. The second-order valence-electron chi connectivity index (χ2n) is 6.22. The van der Waals surface area contributed by atoms with Gasteiger partial charge in [0, 0.05) is 56.8 Å². The van der Waals surface area contributed by atoms with Crippen LogP contribution in [0.15, 0.2) is 43.0 Å². The average Bonchev–Trinajstić information content (AvgIpc) is 3.24. The van der Waals surface area contributed by atoms with Gasteiger partial charge >= 0.3 is 0 Å². The van der Waals surface area contributed by atoms with Gasteiger partial charge in [-0.15, -0.1) is 0 Å². The Morgan fingerprint density at radius 1 is 1.08 bits per heavy atom. The fraction of sp³-hybridized carbons (Fsp3) is 0.389. The minimum absolute atomic E-state index is 0.712. The van der Waals surface area contributed by atoms with Crippen LogP contribution in [-0.4, -0.2) is 49.4 Å². The van der Waals surface area contributed by atoms with Crippen LogP contribution in [0.25, 0.3) is 0 Å². The molecule has 25 heavy (non-hydrogen) atoms. The molecule has 0 saturated carbocycles. The SMILES string of the molecule is COc1ncccc1CN1CCc2ncc(Cn3cccn3)n2CC1. The van der Waals surface area contributed by atoms with Crippen LogP contribution in [0.5, 0.6) is 5.88 Å². The molecule has 3 aromatic rings.